The van der Waals surface area contributed by atoms with Crippen molar-refractivity contribution in [2.24, 2.45) is 0 Å². The highest BCUT2D eigenvalue weighted by Gasteiger charge is 2.44. The van der Waals surface area contributed by atoms with Gasteiger partial charge in [0.15, 0.2) is 5.78 Å². The van der Waals surface area contributed by atoms with Crippen molar-refractivity contribution in [3.05, 3.63) is 96.5 Å². The van der Waals surface area contributed by atoms with Gasteiger partial charge in [0.2, 0.25) is 5.79 Å². The molecule has 0 bridgehead atoms. The van der Waals surface area contributed by atoms with Crippen LogP contribution in [0, 0.1) is 5.82 Å². The van der Waals surface area contributed by atoms with Gasteiger partial charge in [-0.3, -0.25) is 4.79 Å². The molecule has 1 aromatic heterocycles. The number of carbonyl (C=O) groups excluding carboxylic acids is 1. The lowest BCUT2D eigenvalue weighted by molar-refractivity contribution is -0.189. The molecule has 1 aliphatic rings. The van der Waals surface area contributed by atoms with E-state index < -0.39 is 5.79 Å². The fourth-order valence-corrected chi connectivity index (χ4v) is 3.51. The molecule has 2 atom stereocenters. The molecule has 33 heavy (non-hydrogen) atoms. The third-order valence-corrected chi connectivity index (χ3v) is 5.19. The Bertz CT molecular complexity index is 1080. The highest BCUT2D eigenvalue weighted by Crippen LogP contribution is 2.36. The summed E-state index contributed by atoms with van der Waals surface area (Å²) >= 11 is 0. The second-order valence-electron chi connectivity index (χ2n) is 8.02. The van der Waals surface area contributed by atoms with Crippen molar-refractivity contribution >= 4 is 5.78 Å². The molecule has 8 heteroatoms. The molecule has 0 spiro atoms. The second-order valence-corrected chi connectivity index (χ2v) is 8.02. The third kappa shape index (κ3) is 5.66. The van der Waals surface area contributed by atoms with Crippen molar-refractivity contribution < 1.29 is 23.4 Å². The summed E-state index contributed by atoms with van der Waals surface area (Å²) < 4.78 is 33.6. The quantitative estimate of drug-likeness (QED) is 0.366. The molecule has 2 aromatic carbocycles. The molecular weight excluding hydrogens is 425 g/mol. The van der Waals surface area contributed by atoms with Crippen LogP contribution in [0.1, 0.15) is 15.9 Å². The number of benzene rings is 2. The second kappa shape index (κ2) is 9.97. The number of hydrogen-bond donors (Lipinski definition) is 0. The maximum Gasteiger partial charge on any atom is 0.214 e. The van der Waals surface area contributed by atoms with Gasteiger partial charge in [-0.15, -0.1) is 0 Å². The predicted octanol–water partition coefficient (Wildman–Crippen LogP) is 3.63. The number of nitrogens with zero attached hydrogens (tertiary/aromatic N) is 3. The van der Waals surface area contributed by atoms with Gasteiger partial charge in [-0.2, -0.15) is 0 Å². The van der Waals surface area contributed by atoms with Crippen LogP contribution in [0.2, 0.25) is 0 Å². The zero-order valence-corrected chi connectivity index (χ0v) is 18.6. The molecule has 1 aliphatic heterocycles. The number of ether oxygens (including phenoxy) is 3. The van der Waals surface area contributed by atoms with Gasteiger partial charge in [-0.05, 0) is 36.4 Å². The van der Waals surface area contributed by atoms with E-state index in [1.165, 1.54) is 18.2 Å². The maximum absolute atomic E-state index is 13.5. The topological polar surface area (TPSA) is 65.8 Å². The molecule has 3 aromatic rings. The van der Waals surface area contributed by atoms with Crippen LogP contribution in [0.25, 0.3) is 0 Å². The molecule has 2 unspecified atom stereocenters. The van der Waals surface area contributed by atoms with Crippen molar-refractivity contribution in [3.8, 4) is 5.75 Å². The summed E-state index contributed by atoms with van der Waals surface area (Å²) in [5.41, 5.74) is 1.30. The van der Waals surface area contributed by atoms with E-state index in [-0.39, 0.29) is 24.3 Å². The van der Waals surface area contributed by atoms with Crippen LogP contribution in [-0.4, -0.2) is 53.6 Å². The minimum Gasteiger partial charge on any atom is -0.491 e. The summed E-state index contributed by atoms with van der Waals surface area (Å²) in [4.78, 5) is 18.0. The SMILES string of the molecule is CN(C)C=CC(=O)c1ccc(OCC2COC(Cn3ccnc3)(c3ccc(F)cc3)O2)cc1. The monoisotopic (exact) mass is 451 g/mol. The Morgan fingerprint density at radius 2 is 2.00 bits per heavy atom. The third-order valence-electron chi connectivity index (χ3n) is 5.19. The van der Waals surface area contributed by atoms with Crippen molar-refractivity contribution in [3.63, 3.8) is 0 Å². The predicted molar refractivity (Wildman–Crippen MR) is 120 cm³/mol. The normalized spacial score (nSPS) is 20.3. The number of aromatic nitrogens is 2. The molecule has 0 saturated carbocycles. The molecule has 172 valence electrons. The summed E-state index contributed by atoms with van der Waals surface area (Å²) in [7, 11) is 3.71. The van der Waals surface area contributed by atoms with Gasteiger partial charge in [0, 0.05) is 49.9 Å². The van der Waals surface area contributed by atoms with Crippen molar-refractivity contribution in [1.82, 2.24) is 14.5 Å². The fourth-order valence-electron chi connectivity index (χ4n) is 3.51. The summed E-state index contributed by atoms with van der Waals surface area (Å²) in [6.07, 6.45) is 8.08. The van der Waals surface area contributed by atoms with Gasteiger partial charge in [0.05, 0.1) is 19.5 Å². The van der Waals surface area contributed by atoms with E-state index in [2.05, 4.69) is 4.98 Å². The van der Waals surface area contributed by atoms with Crippen LogP contribution < -0.4 is 4.74 Å². The average Bonchev–Trinajstić information content (AvgIpc) is 3.48. The molecular formula is C25H26FN3O4. The molecule has 0 radical (unpaired) electrons. The number of hydrogen-bond acceptors (Lipinski definition) is 6. The van der Waals surface area contributed by atoms with Gasteiger partial charge < -0.3 is 23.7 Å². The van der Waals surface area contributed by atoms with Crippen molar-refractivity contribution in [1.29, 1.82) is 0 Å². The summed E-state index contributed by atoms with van der Waals surface area (Å²) in [6.45, 7) is 0.949. The number of allylic oxidation sites excluding steroid dienone is 1. The molecule has 1 fully saturated rings. The average molecular weight is 451 g/mol. The van der Waals surface area contributed by atoms with Gasteiger partial charge in [0.1, 0.15) is 24.3 Å². The van der Waals surface area contributed by atoms with Gasteiger partial charge in [0.25, 0.3) is 0 Å². The van der Waals surface area contributed by atoms with Crippen LogP contribution in [0.3, 0.4) is 0 Å². The largest absolute Gasteiger partial charge is 0.491 e. The van der Waals surface area contributed by atoms with Crippen molar-refractivity contribution in [2.75, 3.05) is 27.3 Å². The number of carbonyl (C=O) groups is 1. The zero-order chi connectivity index (χ0) is 23.3. The standard InChI is InChI=1S/C25H26FN3O4/c1-28(2)13-11-24(30)19-3-9-22(10-4-19)31-15-23-16-32-25(33-23,17-29-14-12-27-18-29)20-5-7-21(26)8-6-20/h3-14,18,23H,15-17H2,1-2H3. The lowest BCUT2D eigenvalue weighted by Gasteiger charge is -2.29. The molecule has 0 aliphatic carbocycles. The first-order chi connectivity index (χ1) is 15.9. The minimum atomic E-state index is -1.07. The Labute approximate surface area is 192 Å². The lowest BCUT2D eigenvalue weighted by Crippen LogP contribution is -2.34. The Hall–Kier alpha value is -3.49. The number of halogens is 1. The van der Waals surface area contributed by atoms with E-state index in [1.54, 1.807) is 60.0 Å². The molecule has 2 heterocycles. The minimum absolute atomic E-state index is 0.0774. The number of imidazole rings is 1. The molecule has 7 nitrogen and oxygen atoms in total. The molecule has 0 N–H and O–H groups in total. The Balaban J connectivity index is 1.40. The first-order valence-electron chi connectivity index (χ1n) is 10.6. The smallest absolute Gasteiger partial charge is 0.214 e. The van der Waals surface area contributed by atoms with Crippen LogP contribution in [0.4, 0.5) is 4.39 Å². The molecule has 4 rings (SSSR count). The zero-order valence-electron chi connectivity index (χ0n) is 18.6. The van der Waals surface area contributed by atoms with Crippen LogP contribution in [-0.2, 0) is 21.8 Å². The first kappa shape index (κ1) is 22.7. The summed E-state index contributed by atoms with van der Waals surface area (Å²) in [5.74, 6) is -0.849. The van der Waals surface area contributed by atoms with Crippen LogP contribution in [0.15, 0.2) is 79.5 Å². The number of rotatable bonds is 9. The highest BCUT2D eigenvalue weighted by molar-refractivity contribution is 6.04. The summed E-state index contributed by atoms with van der Waals surface area (Å²) in [5, 5.41) is 0. The Morgan fingerprint density at radius 1 is 1.24 bits per heavy atom. The maximum atomic E-state index is 13.5. The van der Waals surface area contributed by atoms with E-state index in [9.17, 15) is 9.18 Å². The fraction of sp³-hybridized carbons (Fsp3) is 0.280. The lowest BCUT2D eigenvalue weighted by atomic mass is 10.1. The van der Waals surface area contributed by atoms with E-state index in [0.29, 0.717) is 30.0 Å². The first-order valence-corrected chi connectivity index (χ1v) is 10.6. The van der Waals surface area contributed by atoms with Gasteiger partial charge in [-0.1, -0.05) is 12.1 Å². The van der Waals surface area contributed by atoms with E-state index in [0.717, 1.165) is 0 Å². The summed E-state index contributed by atoms with van der Waals surface area (Å²) in [6, 6.07) is 13.1. The van der Waals surface area contributed by atoms with E-state index >= 15 is 0 Å². The van der Waals surface area contributed by atoms with E-state index in [4.69, 9.17) is 14.2 Å². The van der Waals surface area contributed by atoms with Gasteiger partial charge >= 0.3 is 0 Å². The Morgan fingerprint density at radius 3 is 2.67 bits per heavy atom. The number of ketones is 1. The Kier molecular flexibility index (Phi) is 6.86. The molecule has 0 amide bonds. The van der Waals surface area contributed by atoms with E-state index in [1.807, 2.05) is 24.9 Å². The van der Waals surface area contributed by atoms with Crippen LogP contribution >= 0.6 is 0 Å². The highest BCUT2D eigenvalue weighted by atomic mass is 19.1. The van der Waals surface area contributed by atoms with Gasteiger partial charge in [-0.25, -0.2) is 9.37 Å². The van der Waals surface area contributed by atoms with Crippen molar-refractivity contribution in [2.45, 2.75) is 18.4 Å². The molecule has 1 saturated heterocycles. The van der Waals surface area contributed by atoms with Crippen LogP contribution in [0.5, 0.6) is 5.75 Å².